The number of hydrogen-bond acceptors (Lipinski definition) is 5. The van der Waals surface area contributed by atoms with Crippen LogP contribution in [0.4, 0.5) is 0 Å². The molecular weight excluding hydrogens is 631 g/mol. The first kappa shape index (κ1) is 35.8. The van der Waals surface area contributed by atoms with Gasteiger partial charge in [-0.2, -0.15) is 0 Å². The predicted octanol–water partition coefficient (Wildman–Crippen LogP) is 11.1. The largest absolute Gasteiger partial charge is 0.490 e. The van der Waals surface area contributed by atoms with Gasteiger partial charge in [0, 0.05) is 6.54 Å². The lowest BCUT2D eigenvalue weighted by molar-refractivity contribution is -0.154. The van der Waals surface area contributed by atoms with Crippen LogP contribution in [0.2, 0.25) is 0 Å². The van der Waals surface area contributed by atoms with Crippen LogP contribution in [0.5, 0.6) is 11.5 Å². The highest BCUT2D eigenvalue weighted by Gasteiger charge is 2.38. The van der Waals surface area contributed by atoms with Gasteiger partial charge in [0.05, 0.1) is 24.7 Å². The summed E-state index contributed by atoms with van der Waals surface area (Å²) >= 11 is 0. The number of ether oxygens (including phenoxy) is 3. The van der Waals surface area contributed by atoms with Crippen molar-refractivity contribution in [3.63, 3.8) is 0 Å². The first-order chi connectivity index (χ1) is 24.5. The summed E-state index contributed by atoms with van der Waals surface area (Å²) in [7, 11) is 1.49. The van der Waals surface area contributed by atoms with Gasteiger partial charge in [0.1, 0.15) is 11.5 Å². The molecule has 3 aliphatic rings. The molecule has 0 amide bonds. The van der Waals surface area contributed by atoms with Gasteiger partial charge in [-0.1, -0.05) is 63.2 Å². The molecule has 0 unspecified atom stereocenters. The van der Waals surface area contributed by atoms with Gasteiger partial charge >= 0.3 is 5.97 Å². The fraction of sp³-hybridized carbons (Fsp3) is 0.543. The van der Waals surface area contributed by atoms with Gasteiger partial charge in [-0.15, -0.1) is 0 Å². The average molecular weight is 690 g/mol. The van der Waals surface area contributed by atoms with Crippen molar-refractivity contribution in [3.05, 3.63) is 83.9 Å². The van der Waals surface area contributed by atoms with Crippen molar-refractivity contribution < 1.29 is 19.0 Å². The van der Waals surface area contributed by atoms with Crippen molar-refractivity contribution >= 4 is 27.5 Å². The van der Waals surface area contributed by atoms with E-state index >= 15 is 0 Å². The Balaban J connectivity index is 0.870. The molecule has 1 saturated heterocycles. The Morgan fingerprint density at radius 3 is 1.71 bits per heavy atom. The maximum atomic E-state index is 12.2. The molecule has 2 aliphatic carbocycles. The predicted molar refractivity (Wildman–Crippen MR) is 209 cm³/mol. The van der Waals surface area contributed by atoms with Crippen LogP contribution in [0, 0.1) is 16.2 Å². The first-order valence-corrected chi connectivity index (χ1v) is 19.7. The van der Waals surface area contributed by atoms with Gasteiger partial charge in [-0.3, -0.25) is 9.69 Å². The molecule has 4 aromatic rings. The Hall–Kier alpha value is -3.57. The number of likely N-dealkylation sites (tertiary alicyclic amines) is 1. The number of piperidine rings is 1. The van der Waals surface area contributed by atoms with Gasteiger partial charge in [0.25, 0.3) is 0 Å². The second-order valence-electron chi connectivity index (χ2n) is 17.6. The number of hydrogen-bond donors (Lipinski definition) is 0. The molecule has 0 N–H and O–H groups in total. The average Bonchev–Trinajstić information content (AvgIpc) is 3.13. The van der Waals surface area contributed by atoms with E-state index in [4.69, 9.17) is 14.2 Å². The molecule has 0 spiro atoms. The van der Waals surface area contributed by atoms with Crippen LogP contribution < -0.4 is 9.47 Å². The molecule has 4 aromatic carbocycles. The molecule has 3 fully saturated rings. The minimum absolute atomic E-state index is 0.0797. The van der Waals surface area contributed by atoms with Crippen molar-refractivity contribution in [1.82, 2.24) is 4.90 Å². The van der Waals surface area contributed by atoms with Crippen LogP contribution in [-0.4, -0.2) is 43.3 Å². The van der Waals surface area contributed by atoms with Crippen LogP contribution in [0.3, 0.4) is 0 Å². The van der Waals surface area contributed by atoms with Crippen LogP contribution in [0.25, 0.3) is 21.5 Å². The number of methoxy groups -OCH3 is 1. The highest BCUT2D eigenvalue weighted by molar-refractivity contribution is 5.85. The maximum Gasteiger partial charge on any atom is 0.311 e. The summed E-state index contributed by atoms with van der Waals surface area (Å²) in [5.41, 5.74) is 3.21. The van der Waals surface area contributed by atoms with Gasteiger partial charge < -0.3 is 14.2 Å². The molecule has 51 heavy (non-hydrogen) atoms. The minimum Gasteiger partial charge on any atom is -0.490 e. The minimum atomic E-state index is -0.353. The number of carbonyl (C=O) groups excluding carboxylic acids is 1. The van der Waals surface area contributed by atoms with Gasteiger partial charge in [-0.25, -0.2) is 0 Å². The van der Waals surface area contributed by atoms with E-state index in [-0.39, 0.29) is 17.5 Å². The van der Waals surface area contributed by atoms with E-state index in [1.165, 1.54) is 71.9 Å². The Labute approximate surface area is 306 Å². The third kappa shape index (κ3) is 8.74. The second-order valence-corrected chi connectivity index (χ2v) is 17.6. The number of nitrogens with zero attached hydrogens (tertiary/aromatic N) is 1. The molecule has 0 bridgehead atoms. The summed E-state index contributed by atoms with van der Waals surface area (Å²) in [5.74, 6) is 1.92. The van der Waals surface area contributed by atoms with E-state index in [0.29, 0.717) is 16.9 Å². The van der Waals surface area contributed by atoms with Gasteiger partial charge in [-0.05, 0) is 171 Å². The number of fused-ring (bicyclic) bond motifs is 2. The van der Waals surface area contributed by atoms with Crippen molar-refractivity contribution in [2.45, 2.75) is 123 Å². The summed E-state index contributed by atoms with van der Waals surface area (Å²) in [4.78, 5) is 14.6. The molecule has 0 aromatic heterocycles. The van der Waals surface area contributed by atoms with Crippen LogP contribution in [-0.2, 0) is 22.5 Å². The third-order valence-corrected chi connectivity index (χ3v) is 12.8. The van der Waals surface area contributed by atoms with E-state index in [2.05, 4.69) is 98.5 Å². The van der Waals surface area contributed by atoms with Crippen molar-refractivity contribution in [2.75, 3.05) is 20.2 Å². The van der Waals surface area contributed by atoms with Crippen molar-refractivity contribution in [3.8, 4) is 11.5 Å². The molecule has 2 saturated carbocycles. The zero-order chi connectivity index (χ0) is 35.6. The Morgan fingerprint density at radius 2 is 1.14 bits per heavy atom. The Kier molecular flexibility index (Phi) is 10.4. The first-order valence-electron chi connectivity index (χ1n) is 19.7. The van der Waals surface area contributed by atoms with E-state index < -0.39 is 0 Å². The SMILES string of the molecule is COC(=O)C1(C)CCN(Cc2ccc3cc(OC4CCC(C)(CCc5ccc6cc(OC7CCC(C)(C)CC7)ccc6c5)CC4)ccc3c2)CC1. The smallest absolute Gasteiger partial charge is 0.311 e. The molecule has 5 heteroatoms. The lowest BCUT2D eigenvalue weighted by Gasteiger charge is -2.37. The number of esters is 1. The van der Waals surface area contributed by atoms with Crippen LogP contribution in [0.1, 0.15) is 109 Å². The zero-order valence-electron chi connectivity index (χ0n) is 31.8. The Bertz CT molecular complexity index is 1820. The molecule has 1 aliphatic heterocycles. The number of benzene rings is 4. The second kappa shape index (κ2) is 14.8. The van der Waals surface area contributed by atoms with Crippen molar-refractivity contribution in [1.29, 1.82) is 0 Å². The summed E-state index contributed by atoms with van der Waals surface area (Å²) in [6.45, 7) is 12.0. The highest BCUT2D eigenvalue weighted by Crippen LogP contribution is 2.42. The summed E-state index contributed by atoms with van der Waals surface area (Å²) in [6, 6.07) is 27.0. The molecule has 272 valence electrons. The summed E-state index contributed by atoms with van der Waals surface area (Å²) in [6.07, 6.45) is 14.1. The normalized spacial score (nSPS) is 24.0. The molecule has 0 atom stereocenters. The molecule has 0 radical (unpaired) electrons. The van der Waals surface area contributed by atoms with E-state index in [0.717, 1.165) is 76.1 Å². The van der Waals surface area contributed by atoms with Crippen LogP contribution in [0.15, 0.2) is 72.8 Å². The van der Waals surface area contributed by atoms with Crippen molar-refractivity contribution in [2.24, 2.45) is 16.2 Å². The molecular formula is C46H59NO4. The van der Waals surface area contributed by atoms with Gasteiger partial charge in [0.15, 0.2) is 0 Å². The number of carbonyl (C=O) groups is 1. The lowest BCUT2D eigenvalue weighted by atomic mass is 9.71. The molecule has 7 rings (SSSR count). The van der Waals surface area contributed by atoms with Gasteiger partial charge in [0.2, 0.25) is 0 Å². The number of aryl methyl sites for hydroxylation is 1. The van der Waals surface area contributed by atoms with E-state index in [1.807, 2.05) is 6.92 Å². The topological polar surface area (TPSA) is 48.0 Å². The van der Waals surface area contributed by atoms with E-state index in [1.54, 1.807) is 0 Å². The monoisotopic (exact) mass is 689 g/mol. The zero-order valence-corrected chi connectivity index (χ0v) is 31.8. The molecule has 1 heterocycles. The standard InChI is InChI=1S/C46H59NO4/c1-44(2)19-15-39(16-20-44)50-41-12-10-35-28-33(6-8-37(35)30-41)14-21-45(3)22-17-40(18-23-45)51-42-13-11-36-29-34(7-9-38(36)31-42)32-47-26-24-46(4,25-27-47)43(48)49-5/h6-13,28-31,39-40H,14-27,32H2,1-5H3. The fourth-order valence-electron chi connectivity index (χ4n) is 8.84. The third-order valence-electron chi connectivity index (χ3n) is 12.8. The summed E-state index contributed by atoms with van der Waals surface area (Å²) in [5, 5.41) is 5.05. The Morgan fingerprint density at radius 1 is 0.647 bits per heavy atom. The maximum absolute atomic E-state index is 12.2. The quantitative estimate of drug-likeness (QED) is 0.155. The number of rotatable bonds is 10. The van der Waals surface area contributed by atoms with Crippen LogP contribution >= 0.6 is 0 Å². The van der Waals surface area contributed by atoms with E-state index in [9.17, 15) is 4.79 Å². The lowest BCUT2D eigenvalue weighted by Crippen LogP contribution is -2.42. The summed E-state index contributed by atoms with van der Waals surface area (Å²) < 4.78 is 18.0. The fourth-order valence-corrected chi connectivity index (χ4v) is 8.84. The molecule has 5 nitrogen and oxygen atoms in total. The highest BCUT2D eigenvalue weighted by atomic mass is 16.5.